The molecule has 0 radical (unpaired) electrons. The Kier molecular flexibility index (Phi) is 4.75. The van der Waals surface area contributed by atoms with Crippen molar-refractivity contribution in [1.82, 2.24) is 0 Å². The molecule has 144 valence electrons. The van der Waals surface area contributed by atoms with Gasteiger partial charge in [0.2, 0.25) is 0 Å². The van der Waals surface area contributed by atoms with Crippen LogP contribution in [0.1, 0.15) is 15.9 Å². The van der Waals surface area contributed by atoms with Crippen molar-refractivity contribution in [2.75, 3.05) is 5.32 Å². The molecule has 3 rings (SSSR count). The number of aryl methyl sites for hydroxylation is 1. The fourth-order valence-corrected chi connectivity index (χ4v) is 3.48. The molecule has 0 unspecified atom stereocenters. The number of aromatic hydroxyl groups is 1. The Hall–Kier alpha value is -3.50. The Morgan fingerprint density at radius 1 is 1.11 bits per heavy atom. The maximum absolute atomic E-state index is 12.6. The van der Waals surface area contributed by atoms with Crippen LogP contribution in [0.5, 0.6) is 5.75 Å². The number of nitrogens with zero attached hydrogens (tertiary/aromatic N) is 1. The fraction of sp³-hybridized carbons (Fsp3) is 0.0556. The van der Waals surface area contributed by atoms with Gasteiger partial charge in [-0.05, 0) is 13.0 Å². The van der Waals surface area contributed by atoms with Gasteiger partial charge in [-0.2, -0.15) is 8.42 Å². The van der Waals surface area contributed by atoms with Gasteiger partial charge >= 0.3 is 0 Å². The number of phenols is 1. The molecule has 0 saturated carbocycles. The summed E-state index contributed by atoms with van der Waals surface area (Å²) >= 11 is 0. The van der Waals surface area contributed by atoms with Gasteiger partial charge in [0.05, 0.1) is 10.6 Å². The summed E-state index contributed by atoms with van der Waals surface area (Å²) in [5.41, 5.74) is -0.228. The number of carbonyl (C=O) groups excluding carboxylic acids is 1. The van der Waals surface area contributed by atoms with Crippen LogP contribution in [0.4, 0.5) is 11.4 Å². The zero-order chi connectivity index (χ0) is 20.6. The molecule has 0 bridgehead atoms. The van der Waals surface area contributed by atoms with E-state index in [1.54, 1.807) is 12.1 Å². The monoisotopic (exact) mass is 402 g/mol. The molecule has 3 N–H and O–H groups in total. The molecule has 1 amide bonds. The Balaban J connectivity index is 2.17. The molecule has 0 aliphatic carbocycles. The lowest BCUT2D eigenvalue weighted by molar-refractivity contribution is -0.385. The lowest BCUT2D eigenvalue weighted by atomic mass is 10.1. The highest BCUT2D eigenvalue weighted by Gasteiger charge is 2.23. The molecule has 0 fully saturated rings. The largest absolute Gasteiger partial charge is 0.507 e. The van der Waals surface area contributed by atoms with E-state index in [2.05, 4.69) is 5.32 Å². The highest BCUT2D eigenvalue weighted by Crippen LogP contribution is 2.37. The van der Waals surface area contributed by atoms with E-state index in [9.17, 15) is 33.0 Å². The van der Waals surface area contributed by atoms with Crippen LogP contribution in [0, 0.1) is 17.0 Å². The van der Waals surface area contributed by atoms with Crippen molar-refractivity contribution in [2.45, 2.75) is 11.8 Å². The second-order valence-electron chi connectivity index (χ2n) is 6.00. The Morgan fingerprint density at radius 2 is 1.75 bits per heavy atom. The van der Waals surface area contributed by atoms with Crippen LogP contribution in [0.15, 0.2) is 53.4 Å². The number of nitrogens with one attached hydrogen (secondary N) is 1. The molecule has 3 aromatic carbocycles. The van der Waals surface area contributed by atoms with Crippen molar-refractivity contribution in [1.29, 1.82) is 0 Å². The first-order valence-corrected chi connectivity index (χ1v) is 9.32. The normalized spacial score (nSPS) is 11.4. The number of rotatable bonds is 4. The number of anilines is 1. The van der Waals surface area contributed by atoms with Gasteiger partial charge in [0, 0.05) is 34.0 Å². The van der Waals surface area contributed by atoms with E-state index in [0.717, 1.165) is 12.1 Å². The predicted octanol–water partition coefficient (Wildman–Crippen LogP) is 3.26. The minimum Gasteiger partial charge on any atom is -0.507 e. The van der Waals surface area contributed by atoms with E-state index in [-0.39, 0.29) is 27.7 Å². The van der Waals surface area contributed by atoms with Crippen LogP contribution in [-0.4, -0.2) is 28.9 Å². The van der Waals surface area contributed by atoms with Crippen molar-refractivity contribution in [3.8, 4) is 5.75 Å². The topological polar surface area (TPSA) is 147 Å². The van der Waals surface area contributed by atoms with Gasteiger partial charge in [0.1, 0.15) is 10.6 Å². The van der Waals surface area contributed by atoms with Crippen molar-refractivity contribution >= 4 is 38.2 Å². The fourth-order valence-electron chi connectivity index (χ4n) is 2.80. The summed E-state index contributed by atoms with van der Waals surface area (Å²) in [6.07, 6.45) is 0. The van der Waals surface area contributed by atoms with Gasteiger partial charge in [-0.25, -0.2) is 0 Å². The first kappa shape index (κ1) is 19.3. The molecule has 9 nitrogen and oxygen atoms in total. The first-order valence-electron chi connectivity index (χ1n) is 7.88. The average molecular weight is 402 g/mol. The minimum atomic E-state index is -4.79. The van der Waals surface area contributed by atoms with Crippen LogP contribution < -0.4 is 5.32 Å². The molecular weight excluding hydrogens is 388 g/mol. The highest BCUT2D eigenvalue weighted by molar-refractivity contribution is 7.86. The average Bonchev–Trinajstić information content (AvgIpc) is 2.63. The number of carbonyl (C=O) groups is 1. The Labute approximate surface area is 159 Å². The molecule has 0 aliphatic rings. The third-order valence-corrected chi connectivity index (χ3v) is 5.05. The van der Waals surface area contributed by atoms with E-state index in [0.29, 0.717) is 5.56 Å². The second kappa shape index (κ2) is 6.91. The van der Waals surface area contributed by atoms with Gasteiger partial charge in [-0.15, -0.1) is 0 Å². The number of benzene rings is 3. The molecule has 0 saturated heterocycles. The summed E-state index contributed by atoms with van der Waals surface area (Å²) in [4.78, 5) is 22.4. The van der Waals surface area contributed by atoms with Crippen LogP contribution in [0.3, 0.4) is 0 Å². The number of nitro groups is 1. The highest BCUT2D eigenvalue weighted by atomic mass is 32.2. The molecule has 0 aliphatic heterocycles. The van der Waals surface area contributed by atoms with Crippen molar-refractivity contribution < 1.29 is 27.8 Å². The minimum absolute atomic E-state index is 0.0734. The molecule has 3 aromatic rings. The van der Waals surface area contributed by atoms with E-state index in [4.69, 9.17) is 0 Å². The maximum Gasteiger partial charge on any atom is 0.296 e. The number of hydrogen-bond donors (Lipinski definition) is 3. The molecule has 0 aromatic heterocycles. The van der Waals surface area contributed by atoms with Crippen LogP contribution in [0.2, 0.25) is 0 Å². The standard InChI is InChI=1S/C18H14N2O7S/c1-10-6-7-11(8-14(10)20(23)24)18(22)19-17-13-5-3-2-4-12(13)15(21)9-16(17)28(25,26)27/h2-9,21H,1H3,(H,19,22)(H,25,26,27). The lowest BCUT2D eigenvalue weighted by Gasteiger charge is -2.14. The Bertz CT molecular complexity index is 1240. The van der Waals surface area contributed by atoms with Gasteiger partial charge in [-0.3, -0.25) is 19.5 Å². The quantitative estimate of drug-likeness (QED) is 0.263. The molecule has 28 heavy (non-hydrogen) atoms. The SMILES string of the molecule is Cc1ccc(C(=O)Nc2c(S(=O)(=O)O)cc(O)c3ccccc23)cc1[N+](=O)[O-]. The zero-order valence-electron chi connectivity index (χ0n) is 14.4. The van der Waals surface area contributed by atoms with Crippen LogP contribution in [0.25, 0.3) is 10.8 Å². The van der Waals surface area contributed by atoms with E-state index in [1.165, 1.54) is 31.2 Å². The second-order valence-corrected chi connectivity index (χ2v) is 7.39. The van der Waals surface area contributed by atoms with Crippen molar-refractivity contribution in [3.63, 3.8) is 0 Å². The van der Waals surface area contributed by atoms with Crippen LogP contribution >= 0.6 is 0 Å². The van der Waals surface area contributed by atoms with Gasteiger partial charge in [0.15, 0.2) is 0 Å². The zero-order valence-corrected chi connectivity index (χ0v) is 15.2. The van der Waals surface area contributed by atoms with Gasteiger partial charge < -0.3 is 10.4 Å². The summed E-state index contributed by atoms with van der Waals surface area (Å²) in [6.45, 7) is 1.52. The van der Waals surface area contributed by atoms with E-state index in [1.807, 2.05) is 0 Å². The number of nitro benzene ring substituents is 1. The van der Waals surface area contributed by atoms with Crippen molar-refractivity contribution in [2.24, 2.45) is 0 Å². The third-order valence-electron chi connectivity index (χ3n) is 4.17. The Morgan fingerprint density at radius 3 is 2.36 bits per heavy atom. The predicted molar refractivity (Wildman–Crippen MR) is 101 cm³/mol. The first-order chi connectivity index (χ1) is 13.1. The molecule has 0 spiro atoms. The number of fused-ring (bicyclic) bond motifs is 1. The summed E-state index contributed by atoms with van der Waals surface area (Å²) in [6, 6.07) is 10.8. The number of hydrogen-bond acceptors (Lipinski definition) is 6. The molecule has 10 heteroatoms. The van der Waals surface area contributed by atoms with Crippen LogP contribution in [-0.2, 0) is 10.1 Å². The smallest absolute Gasteiger partial charge is 0.296 e. The van der Waals surface area contributed by atoms with Gasteiger partial charge in [0.25, 0.3) is 21.7 Å². The lowest BCUT2D eigenvalue weighted by Crippen LogP contribution is -2.15. The van der Waals surface area contributed by atoms with E-state index < -0.39 is 31.6 Å². The van der Waals surface area contributed by atoms with E-state index >= 15 is 0 Å². The number of amides is 1. The molecular formula is C18H14N2O7S. The summed E-state index contributed by atoms with van der Waals surface area (Å²) in [5.74, 6) is -1.21. The number of phenolic OH excluding ortho intramolecular Hbond substituents is 1. The van der Waals surface area contributed by atoms with Crippen molar-refractivity contribution in [3.05, 3.63) is 69.8 Å². The molecule has 0 atom stereocenters. The summed E-state index contributed by atoms with van der Waals surface area (Å²) in [7, 11) is -4.79. The maximum atomic E-state index is 12.6. The third kappa shape index (κ3) is 3.50. The van der Waals surface area contributed by atoms with Gasteiger partial charge in [-0.1, -0.05) is 30.3 Å². The summed E-state index contributed by atoms with van der Waals surface area (Å²) < 4.78 is 33.0. The molecule has 0 heterocycles. The summed E-state index contributed by atoms with van der Waals surface area (Å²) in [5, 5.41) is 23.9.